The lowest BCUT2D eigenvalue weighted by Gasteiger charge is -2.28. The van der Waals surface area contributed by atoms with Crippen LogP contribution in [0.15, 0.2) is 12.3 Å². The Labute approximate surface area is 110 Å². The zero-order valence-corrected chi connectivity index (χ0v) is 10.7. The Morgan fingerprint density at radius 2 is 2.22 bits per heavy atom. The van der Waals surface area contributed by atoms with E-state index in [1.54, 1.807) is 0 Å². The molecule has 98 valence electrons. The van der Waals surface area contributed by atoms with Crippen molar-refractivity contribution >= 4 is 23.2 Å². The number of nitrogens with zero attached hydrogens (tertiary/aromatic N) is 1. The molecule has 5 nitrogen and oxygen atoms in total. The first kappa shape index (κ1) is 13.1. The molecule has 6 heteroatoms. The number of nitrogens with one attached hydrogen (secondary N) is 1. The number of amides is 1. The molecule has 0 spiro atoms. The van der Waals surface area contributed by atoms with Crippen LogP contribution >= 0.6 is 11.6 Å². The van der Waals surface area contributed by atoms with Crippen molar-refractivity contribution in [1.82, 2.24) is 10.3 Å². The monoisotopic (exact) mass is 269 g/mol. The lowest BCUT2D eigenvalue weighted by Crippen LogP contribution is -2.45. The summed E-state index contributed by atoms with van der Waals surface area (Å²) in [5, 5.41) is 12.8. The fourth-order valence-electron chi connectivity index (χ4n) is 2.16. The second kappa shape index (κ2) is 5.54. The van der Waals surface area contributed by atoms with Crippen LogP contribution in [0.2, 0.25) is 5.15 Å². The van der Waals surface area contributed by atoms with E-state index in [1.165, 1.54) is 12.3 Å². The Morgan fingerprint density at radius 1 is 1.50 bits per heavy atom. The highest BCUT2D eigenvalue weighted by Crippen LogP contribution is 2.20. The summed E-state index contributed by atoms with van der Waals surface area (Å²) in [6.07, 6.45) is 4.38. The molecule has 1 saturated carbocycles. The van der Waals surface area contributed by atoms with Crippen LogP contribution in [0.4, 0.5) is 5.69 Å². The number of halogens is 1. The number of hydrogen-bond acceptors (Lipinski definition) is 4. The molecule has 0 unspecified atom stereocenters. The Hall–Kier alpha value is -1.33. The standard InChI is InChI=1S/C12H16ClN3O2/c13-11-5-7(8(14)6-15-11)12(18)16-9-3-1-2-4-10(9)17/h5-6,9-10,17H,1-4,14H2,(H,16,18)/t9-,10-/m0/s1. The molecule has 1 aliphatic carbocycles. The number of anilines is 1. The van der Waals surface area contributed by atoms with Crippen molar-refractivity contribution < 1.29 is 9.90 Å². The summed E-state index contributed by atoms with van der Waals surface area (Å²) in [6.45, 7) is 0. The quantitative estimate of drug-likeness (QED) is 0.707. The number of nitrogen functional groups attached to an aromatic ring is 1. The summed E-state index contributed by atoms with van der Waals surface area (Å²) in [5.41, 5.74) is 6.26. The van der Waals surface area contributed by atoms with Gasteiger partial charge in [0, 0.05) is 0 Å². The Morgan fingerprint density at radius 3 is 2.94 bits per heavy atom. The van der Waals surface area contributed by atoms with Crippen LogP contribution in [0, 0.1) is 0 Å². The van der Waals surface area contributed by atoms with Gasteiger partial charge in [-0.15, -0.1) is 0 Å². The first-order valence-corrected chi connectivity index (χ1v) is 6.35. The van der Waals surface area contributed by atoms with E-state index in [9.17, 15) is 9.90 Å². The van der Waals surface area contributed by atoms with Crippen molar-refractivity contribution in [2.75, 3.05) is 5.73 Å². The highest BCUT2D eigenvalue weighted by atomic mass is 35.5. The van der Waals surface area contributed by atoms with Gasteiger partial charge in [-0.3, -0.25) is 4.79 Å². The van der Waals surface area contributed by atoms with Crippen LogP contribution in [-0.2, 0) is 0 Å². The largest absolute Gasteiger partial charge is 0.397 e. The molecule has 1 aromatic rings. The molecular weight excluding hydrogens is 254 g/mol. The van der Waals surface area contributed by atoms with Crippen LogP contribution in [0.3, 0.4) is 0 Å². The van der Waals surface area contributed by atoms with Gasteiger partial charge in [-0.25, -0.2) is 4.98 Å². The molecule has 1 amide bonds. The van der Waals surface area contributed by atoms with Gasteiger partial charge in [-0.1, -0.05) is 24.4 Å². The SMILES string of the molecule is Nc1cnc(Cl)cc1C(=O)N[C@H]1CCCC[C@@H]1O. The first-order valence-electron chi connectivity index (χ1n) is 5.98. The molecule has 1 fully saturated rings. The second-order valence-electron chi connectivity index (χ2n) is 4.53. The van der Waals surface area contributed by atoms with Crippen molar-refractivity contribution in [2.24, 2.45) is 0 Å². The van der Waals surface area contributed by atoms with E-state index >= 15 is 0 Å². The average molecular weight is 270 g/mol. The molecule has 0 aromatic carbocycles. The van der Waals surface area contributed by atoms with Gasteiger partial charge in [0.15, 0.2) is 0 Å². The molecule has 18 heavy (non-hydrogen) atoms. The molecule has 4 N–H and O–H groups in total. The van der Waals surface area contributed by atoms with E-state index in [0.717, 1.165) is 25.7 Å². The number of nitrogens with two attached hydrogens (primary N) is 1. The van der Waals surface area contributed by atoms with Crippen molar-refractivity contribution in [1.29, 1.82) is 0 Å². The normalized spacial score (nSPS) is 23.7. The summed E-state index contributed by atoms with van der Waals surface area (Å²) in [5.74, 6) is -0.317. The number of aliphatic hydroxyl groups excluding tert-OH is 1. The molecule has 0 saturated heterocycles. The summed E-state index contributed by atoms with van der Waals surface area (Å²) >= 11 is 5.74. The van der Waals surface area contributed by atoms with Crippen molar-refractivity contribution in [3.8, 4) is 0 Å². The van der Waals surface area contributed by atoms with E-state index in [1.807, 2.05) is 0 Å². The minimum atomic E-state index is -0.485. The van der Waals surface area contributed by atoms with Crippen LogP contribution in [0.25, 0.3) is 0 Å². The number of aliphatic hydroxyl groups is 1. The number of aromatic nitrogens is 1. The molecule has 1 aromatic heterocycles. The summed E-state index contributed by atoms with van der Waals surface area (Å²) in [6, 6.07) is 1.22. The van der Waals surface area contributed by atoms with Gasteiger partial charge in [0.25, 0.3) is 5.91 Å². The maximum atomic E-state index is 12.0. The van der Waals surface area contributed by atoms with Crippen molar-refractivity contribution in [3.05, 3.63) is 23.0 Å². The van der Waals surface area contributed by atoms with Gasteiger partial charge in [-0.05, 0) is 18.9 Å². The molecule has 0 bridgehead atoms. The molecule has 2 atom stereocenters. The van der Waals surface area contributed by atoms with E-state index in [2.05, 4.69) is 10.3 Å². The smallest absolute Gasteiger partial charge is 0.253 e. The second-order valence-corrected chi connectivity index (χ2v) is 4.91. The van der Waals surface area contributed by atoms with Gasteiger partial charge < -0.3 is 16.2 Å². The van der Waals surface area contributed by atoms with E-state index in [-0.39, 0.29) is 22.8 Å². The lowest BCUT2D eigenvalue weighted by atomic mass is 9.92. The third-order valence-electron chi connectivity index (χ3n) is 3.19. The third kappa shape index (κ3) is 2.91. The Bertz CT molecular complexity index is 453. The molecule has 2 rings (SSSR count). The number of rotatable bonds is 2. The lowest BCUT2D eigenvalue weighted by molar-refractivity contribution is 0.0718. The average Bonchev–Trinajstić information content (AvgIpc) is 2.35. The van der Waals surface area contributed by atoms with E-state index in [4.69, 9.17) is 17.3 Å². The number of hydrogen-bond donors (Lipinski definition) is 3. The topological polar surface area (TPSA) is 88.2 Å². The molecular formula is C12H16ClN3O2. The third-order valence-corrected chi connectivity index (χ3v) is 3.40. The summed E-state index contributed by atoms with van der Waals surface area (Å²) in [4.78, 5) is 15.8. The van der Waals surface area contributed by atoms with Crippen molar-refractivity contribution in [3.63, 3.8) is 0 Å². The zero-order chi connectivity index (χ0) is 13.1. The fourth-order valence-corrected chi connectivity index (χ4v) is 2.32. The Kier molecular flexibility index (Phi) is 4.04. The zero-order valence-electron chi connectivity index (χ0n) is 9.90. The minimum absolute atomic E-state index is 0.211. The van der Waals surface area contributed by atoms with E-state index in [0.29, 0.717) is 5.56 Å². The van der Waals surface area contributed by atoms with E-state index < -0.39 is 6.10 Å². The first-order chi connectivity index (χ1) is 8.58. The predicted octanol–water partition coefficient (Wildman–Crippen LogP) is 1.35. The molecule has 1 heterocycles. The number of carbonyl (C=O) groups is 1. The summed E-state index contributed by atoms with van der Waals surface area (Å²) in [7, 11) is 0. The van der Waals surface area contributed by atoms with Crippen molar-refractivity contribution in [2.45, 2.75) is 37.8 Å². The highest BCUT2D eigenvalue weighted by Gasteiger charge is 2.25. The van der Waals surface area contributed by atoms with Crippen LogP contribution in [-0.4, -0.2) is 28.1 Å². The van der Waals surface area contributed by atoms with Crippen LogP contribution < -0.4 is 11.1 Å². The van der Waals surface area contributed by atoms with Gasteiger partial charge in [-0.2, -0.15) is 0 Å². The molecule has 0 radical (unpaired) electrons. The van der Waals surface area contributed by atoms with Gasteiger partial charge in [0.1, 0.15) is 5.15 Å². The molecule has 1 aliphatic rings. The van der Waals surface area contributed by atoms with Crippen LogP contribution in [0.1, 0.15) is 36.0 Å². The highest BCUT2D eigenvalue weighted by molar-refractivity contribution is 6.29. The minimum Gasteiger partial charge on any atom is -0.397 e. The predicted molar refractivity (Wildman–Crippen MR) is 69.4 cm³/mol. The maximum absolute atomic E-state index is 12.0. The Balaban J connectivity index is 2.09. The molecule has 0 aliphatic heterocycles. The van der Waals surface area contributed by atoms with Gasteiger partial charge in [0.2, 0.25) is 0 Å². The summed E-state index contributed by atoms with van der Waals surface area (Å²) < 4.78 is 0. The maximum Gasteiger partial charge on any atom is 0.253 e. The fraction of sp³-hybridized carbons (Fsp3) is 0.500. The van der Waals surface area contributed by atoms with Gasteiger partial charge in [0.05, 0.1) is 29.6 Å². The number of pyridine rings is 1. The van der Waals surface area contributed by atoms with Gasteiger partial charge >= 0.3 is 0 Å². The number of carbonyl (C=O) groups excluding carboxylic acids is 1. The van der Waals surface area contributed by atoms with Crippen LogP contribution in [0.5, 0.6) is 0 Å².